The average Bonchev–Trinajstić information content (AvgIpc) is 3.03. The summed E-state index contributed by atoms with van der Waals surface area (Å²) >= 11 is 15.5. The van der Waals surface area contributed by atoms with E-state index in [4.69, 9.17) is 33.2 Å². The molecule has 0 atom stereocenters. The van der Waals surface area contributed by atoms with Crippen LogP contribution in [0.1, 0.15) is 0 Å². The second kappa shape index (κ2) is 16.1. The molecule has 2 N–H and O–H groups in total. The van der Waals surface area contributed by atoms with E-state index in [0.717, 1.165) is 20.1 Å². The maximum atomic E-state index is 8.58. The second-order valence-corrected chi connectivity index (χ2v) is 10.9. The molecule has 208 valence electrons. The normalized spacial score (nSPS) is 10.0. The number of rotatable bonds is 4. The zero-order chi connectivity index (χ0) is 29.7. The van der Waals surface area contributed by atoms with Gasteiger partial charge in [-0.05, 0) is 63.1 Å². The van der Waals surface area contributed by atoms with Crippen molar-refractivity contribution < 1.29 is 10.0 Å². The van der Waals surface area contributed by atoms with Gasteiger partial charge in [-0.15, -0.1) is 0 Å². The monoisotopic (exact) mass is 652 g/mol. The third-order valence-electron chi connectivity index (χ3n) is 6.26. The third-order valence-corrected chi connectivity index (χ3v) is 7.39. The summed E-state index contributed by atoms with van der Waals surface area (Å²) in [6.07, 6.45) is 0. The summed E-state index contributed by atoms with van der Waals surface area (Å²) in [6.45, 7) is 0. The van der Waals surface area contributed by atoms with Crippen LogP contribution in [0.15, 0.2) is 162 Å². The highest BCUT2D eigenvalue weighted by atomic mass is 79.9. The molecule has 6 heteroatoms. The molecule has 42 heavy (non-hydrogen) atoms. The Morgan fingerprint density at radius 3 is 1.24 bits per heavy atom. The van der Waals surface area contributed by atoms with Crippen molar-refractivity contribution >= 4 is 51.7 Å². The molecule has 0 fully saturated rings. The van der Waals surface area contributed by atoms with E-state index >= 15 is 0 Å². The Morgan fingerprint density at radius 2 is 0.810 bits per heavy atom. The van der Waals surface area contributed by atoms with Gasteiger partial charge in [0.2, 0.25) is 0 Å². The van der Waals surface area contributed by atoms with Crippen LogP contribution in [-0.2, 0) is 0 Å². The van der Waals surface area contributed by atoms with Crippen molar-refractivity contribution in [3.63, 3.8) is 0 Å². The minimum absolute atomic E-state index is 0.525. The van der Waals surface area contributed by atoms with Crippen molar-refractivity contribution in [3.8, 4) is 33.4 Å². The Labute approximate surface area is 266 Å². The lowest BCUT2D eigenvalue weighted by Crippen LogP contribution is -2.29. The van der Waals surface area contributed by atoms with Gasteiger partial charge in [0.25, 0.3) is 0 Å². The average molecular weight is 654 g/mol. The molecule has 6 aromatic rings. The second-order valence-electron chi connectivity index (χ2n) is 9.20. The molecule has 0 aliphatic heterocycles. The van der Waals surface area contributed by atoms with Crippen molar-refractivity contribution in [3.05, 3.63) is 172 Å². The Balaban J connectivity index is 0.000000155. The van der Waals surface area contributed by atoms with E-state index in [0.29, 0.717) is 5.46 Å². The van der Waals surface area contributed by atoms with Crippen molar-refractivity contribution in [2.45, 2.75) is 0 Å². The molecular formula is C36H28BBrCl2O2. The first-order chi connectivity index (χ1) is 20.4. The fourth-order valence-corrected chi connectivity index (χ4v) is 5.29. The molecule has 6 rings (SSSR count). The Morgan fingerprint density at radius 1 is 0.429 bits per heavy atom. The number of hydrogen-bond acceptors (Lipinski definition) is 2. The number of benzene rings is 6. The van der Waals surface area contributed by atoms with E-state index in [1.807, 2.05) is 78.9 Å². The minimum Gasteiger partial charge on any atom is -0.423 e. The summed E-state index contributed by atoms with van der Waals surface area (Å²) in [4.78, 5) is 0. The molecule has 6 aromatic carbocycles. The van der Waals surface area contributed by atoms with Crippen LogP contribution in [0.5, 0.6) is 0 Å². The summed E-state index contributed by atoms with van der Waals surface area (Å²) in [6, 6.07) is 51.5. The van der Waals surface area contributed by atoms with Crippen molar-refractivity contribution in [2.24, 2.45) is 0 Å². The summed E-state index contributed by atoms with van der Waals surface area (Å²) in [5.41, 5.74) is 7.64. The lowest BCUT2D eigenvalue weighted by atomic mass is 9.81. The summed E-state index contributed by atoms with van der Waals surface area (Å²) in [7, 11) is -1.34. The molecule has 0 aromatic heterocycles. The maximum Gasteiger partial charge on any atom is 0.488 e. The highest BCUT2D eigenvalue weighted by molar-refractivity contribution is 9.10. The smallest absolute Gasteiger partial charge is 0.423 e. The van der Waals surface area contributed by atoms with Gasteiger partial charge >= 0.3 is 7.12 Å². The van der Waals surface area contributed by atoms with Crippen LogP contribution in [0.4, 0.5) is 0 Å². The van der Waals surface area contributed by atoms with Gasteiger partial charge in [-0.1, -0.05) is 173 Å². The first-order valence-corrected chi connectivity index (χ1v) is 14.8. The van der Waals surface area contributed by atoms with Crippen LogP contribution in [0, 0.1) is 0 Å². The fourth-order valence-electron chi connectivity index (χ4n) is 4.21. The lowest BCUT2D eigenvalue weighted by Gasteiger charge is -2.10. The van der Waals surface area contributed by atoms with E-state index in [-0.39, 0.29) is 0 Å². The van der Waals surface area contributed by atoms with Crippen LogP contribution < -0.4 is 5.46 Å². The maximum absolute atomic E-state index is 8.58. The SMILES string of the molecule is Clc1ccc(-c2ccccc2)c(-c2ccccc2)c1.Clc1ccc(-c2ccccc2)c(Br)c1.OB(O)c1ccccc1. The number of halogens is 3. The predicted octanol–water partition coefficient (Wildman–Crippen LogP) is 9.81. The number of hydrogen-bond donors (Lipinski definition) is 2. The van der Waals surface area contributed by atoms with Crippen LogP contribution in [0.2, 0.25) is 10.0 Å². The van der Waals surface area contributed by atoms with Gasteiger partial charge in [0.05, 0.1) is 0 Å². The van der Waals surface area contributed by atoms with Crippen LogP contribution >= 0.6 is 39.1 Å². The molecule has 2 nitrogen and oxygen atoms in total. The van der Waals surface area contributed by atoms with Gasteiger partial charge in [-0.25, -0.2) is 0 Å². The minimum atomic E-state index is -1.34. The molecule has 0 saturated carbocycles. The third kappa shape index (κ3) is 9.19. The first-order valence-electron chi connectivity index (χ1n) is 13.2. The molecule has 0 unspecified atom stereocenters. The Bertz CT molecular complexity index is 1670. The highest BCUT2D eigenvalue weighted by Gasteiger charge is 2.08. The Hall–Kier alpha value is -3.64. The molecule has 0 radical (unpaired) electrons. The summed E-state index contributed by atoms with van der Waals surface area (Å²) in [5.74, 6) is 0. The predicted molar refractivity (Wildman–Crippen MR) is 183 cm³/mol. The van der Waals surface area contributed by atoms with Gasteiger partial charge in [-0.3, -0.25) is 0 Å². The van der Waals surface area contributed by atoms with E-state index < -0.39 is 7.12 Å². The molecule has 0 saturated heterocycles. The topological polar surface area (TPSA) is 40.5 Å². The van der Waals surface area contributed by atoms with Gasteiger partial charge in [0.15, 0.2) is 0 Å². The van der Waals surface area contributed by atoms with Crippen molar-refractivity contribution in [2.75, 3.05) is 0 Å². The van der Waals surface area contributed by atoms with Gasteiger partial charge in [-0.2, -0.15) is 0 Å². The van der Waals surface area contributed by atoms with Crippen LogP contribution in [-0.4, -0.2) is 17.2 Å². The molecule has 0 heterocycles. The van der Waals surface area contributed by atoms with E-state index in [1.54, 1.807) is 24.3 Å². The van der Waals surface area contributed by atoms with Crippen LogP contribution in [0.3, 0.4) is 0 Å². The van der Waals surface area contributed by atoms with Gasteiger partial charge in [0.1, 0.15) is 0 Å². The molecule has 0 bridgehead atoms. The highest BCUT2D eigenvalue weighted by Crippen LogP contribution is 2.34. The quantitative estimate of drug-likeness (QED) is 0.186. The van der Waals surface area contributed by atoms with Crippen molar-refractivity contribution in [1.82, 2.24) is 0 Å². The molecule has 0 aliphatic carbocycles. The summed E-state index contributed by atoms with van der Waals surface area (Å²) < 4.78 is 1.02. The Kier molecular flexibility index (Phi) is 12.0. The molecular weight excluding hydrogens is 626 g/mol. The zero-order valence-electron chi connectivity index (χ0n) is 22.6. The first kappa shape index (κ1) is 31.3. The molecule has 0 amide bonds. The van der Waals surface area contributed by atoms with Gasteiger partial charge < -0.3 is 10.0 Å². The molecule has 0 spiro atoms. The van der Waals surface area contributed by atoms with E-state index in [9.17, 15) is 0 Å². The standard InChI is InChI=1S/C18H13Cl.C12H8BrCl.C6H7BO2/c19-16-11-12-17(14-7-3-1-4-8-14)18(13-16)15-9-5-2-6-10-15;13-12-8-10(14)6-7-11(12)9-4-2-1-3-5-9;8-7(9)6-4-2-1-3-5-6/h1-13H;1-8H;1-5,8-9H. The van der Waals surface area contributed by atoms with Gasteiger partial charge in [0, 0.05) is 14.5 Å². The largest absolute Gasteiger partial charge is 0.488 e. The van der Waals surface area contributed by atoms with Crippen LogP contribution in [0.25, 0.3) is 33.4 Å². The fraction of sp³-hybridized carbons (Fsp3) is 0. The van der Waals surface area contributed by atoms with E-state index in [2.05, 4.69) is 70.5 Å². The lowest BCUT2D eigenvalue weighted by molar-refractivity contribution is 0.426. The van der Waals surface area contributed by atoms with E-state index in [1.165, 1.54) is 27.8 Å². The van der Waals surface area contributed by atoms with Crippen molar-refractivity contribution in [1.29, 1.82) is 0 Å². The summed E-state index contributed by atoms with van der Waals surface area (Å²) in [5, 5.41) is 18.7. The zero-order valence-corrected chi connectivity index (χ0v) is 25.7. The molecule has 0 aliphatic rings.